The fourth-order valence-electron chi connectivity index (χ4n) is 1.05. The highest BCUT2D eigenvalue weighted by atomic mass is 19.1. The third-order valence-corrected chi connectivity index (χ3v) is 1.88. The third-order valence-electron chi connectivity index (χ3n) is 1.88. The zero-order valence-corrected chi connectivity index (χ0v) is 7.46. The van der Waals surface area contributed by atoms with Gasteiger partial charge in [-0.15, -0.1) is 0 Å². The standard InChI is InChI=1S/C10H12FNO/c1-7(11)8-2-4-9(5-3-8)10(13)6-12/h2-5,7H,6,12H2,1H3. The second-order valence-corrected chi connectivity index (χ2v) is 2.87. The van der Waals surface area contributed by atoms with E-state index in [0.29, 0.717) is 11.1 Å². The van der Waals surface area contributed by atoms with Crippen LogP contribution in [0.4, 0.5) is 4.39 Å². The van der Waals surface area contributed by atoms with Crippen molar-refractivity contribution < 1.29 is 9.18 Å². The Balaban J connectivity index is 2.87. The molecule has 1 atom stereocenters. The summed E-state index contributed by atoms with van der Waals surface area (Å²) in [5.41, 5.74) is 6.29. The van der Waals surface area contributed by atoms with Crippen molar-refractivity contribution >= 4 is 5.78 Å². The lowest BCUT2D eigenvalue weighted by Gasteiger charge is -2.02. The number of ketones is 1. The van der Waals surface area contributed by atoms with Crippen LogP contribution >= 0.6 is 0 Å². The van der Waals surface area contributed by atoms with E-state index in [9.17, 15) is 9.18 Å². The van der Waals surface area contributed by atoms with E-state index in [0.717, 1.165) is 0 Å². The van der Waals surface area contributed by atoms with Crippen LogP contribution in [0.15, 0.2) is 24.3 Å². The Morgan fingerprint density at radius 3 is 2.38 bits per heavy atom. The largest absolute Gasteiger partial charge is 0.324 e. The van der Waals surface area contributed by atoms with Crippen molar-refractivity contribution in [1.29, 1.82) is 0 Å². The van der Waals surface area contributed by atoms with Gasteiger partial charge in [0.15, 0.2) is 5.78 Å². The number of nitrogens with two attached hydrogens (primary N) is 1. The molecule has 2 nitrogen and oxygen atoms in total. The third kappa shape index (κ3) is 2.36. The van der Waals surface area contributed by atoms with Gasteiger partial charge in [0, 0.05) is 5.56 Å². The van der Waals surface area contributed by atoms with Gasteiger partial charge in [-0.05, 0) is 12.5 Å². The molecule has 70 valence electrons. The number of carbonyl (C=O) groups is 1. The summed E-state index contributed by atoms with van der Waals surface area (Å²) in [6.45, 7) is 1.45. The summed E-state index contributed by atoms with van der Waals surface area (Å²) >= 11 is 0. The van der Waals surface area contributed by atoms with Crippen molar-refractivity contribution in [3.05, 3.63) is 35.4 Å². The molecule has 0 amide bonds. The van der Waals surface area contributed by atoms with Crippen LogP contribution in [0.25, 0.3) is 0 Å². The van der Waals surface area contributed by atoms with E-state index >= 15 is 0 Å². The maximum absolute atomic E-state index is 12.7. The molecule has 0 fully saturated rings. The monoisotopic (exact) mass is 181 g/mol. The predicted octanol–water partition coefficient (Wildman–Crippen LogP) is 1.86. The predicted molar refractivity (Wildman–Crippen MR) is 49.3 cm³/mol. The quantitative estimate of drug-likeness (QED) is 0.723. The molecule has 3 heteroatoms. The van der Waals surface area contributed by atoms with E-state index < -0.39 is 6.17 Å². The van der Waals surface area contributed by atoms with Gasteiger partial charge < -0.3 is 5.73 Å². The Kier molecular flexibility index (Phi) is 3.14. The lowest BCUT2D eigenvalue weighted by Crippen LogP contribution is -2.13. The molecule has 0 radical (unpaired) electrons. The normalized spacial score (nSPS) is 12.5. The van der Waals surface area contributed by atoms with E-state index in [4.69, 9.17) is 5.73 Å². The lowest BCUT2D eigenvalue weighted by atomic mass is 10.1. The van der Waals surface area contributed by atoms with Gasteiger partial charge in [0.25, 0.3) is 0 Å². The molecule has 0 saturated carbocycles. The number of carbonyl (C=O) groups excluding carboxylic acids is 1. The number of hydrogen-bond donors (Lipinski definition) is 1. The number of benzene rings is 1. The van der Waals surface area contributed by atoms with E-state index in [2.05, 4.69) is 0 Å². The fraction of sp³-hybridized carbons (Fsp3) is 0.300. The molecule has 1 aromatic rings. The Morgan fingerprint density at radius 1 is 1.46 bits per heavy atom. The van der Waals surface area contributed by atoms with Gasteiger partial charge in [-0.3, -0.25) is 4.79 Å². The van der Waals surface area contributed by atoms with Crippen LogP contribution in [-0.4, -0.2) is 12.3 Å². The van der Waals surface area contributed by atoms with E-state index in [-0.39, 0.29) is 12.3 Å². The summed E-state index contributed by atoms with van der Waals surface area (Å²) in [5.74, 6) is -0.127. The summed E-state index contributed by atoms with van der Waals surface area (Å²) < 4.78 is 12.7. The van der Waals surface area contributed by atoms with E-state index in [1.54, 1.807) is 24.3 Å². The van der Waals surface area contributed by atoms with Crippen LogP contribution in [0.3, 0.4) is 0 Å². The second kappa shape index (κ2) is 4.14. The van der Waals surface area contributed by atoms with Gasteiger partial charge in [-0.1, -0.05) is 24.3 Å². The van der Waals surface area contributed by atoms with Crippen molar-refractivity contribution in [2.45, 2.75) is 13.1 Å². The van der Waals surface area contributed by atoms with Gasteiger partial charge in [-0.2, -0.15) is 0 Å². The zero-order valence-electron chi connectivity index (χ0n) is 7.46. The average molecular weight is 181 g/mol. The minimum Gasteiger partial charge on any atom is -0.324 e. The molecule has 1 aromatic carbocycles. The first-order valence-electron chi connectivity index (χ1n) is 4.12. The molecule has 0 aliphatic heterocycles. The van der Waals surface area contributed by atoms with Crippen LogP contribution in [0.5, 0.6) is 0 Å². The molecule has 0 aromatic heterocycles. The van der Waals surface area contributed by atoms with Crippen molar-refractivity contribution in [3.8, 4) is 0 Å². The minimum absolute atomic E-state index is 0.00940. The molecule has 1 unspecified atom stereocenters. The topological polar surface area (TPSA) is 43.1 Å². The molecule has 2 N–H and O–H groups in total. The van der Waals surface area contributed by atoms with Crippen LogP contribution in [-0.2, 0) is 0 Å². The Labute approximate surface area is 76.6 Å². The summed E-state index contributed by atoms with van der Waals surface area (Å²) in [7, 11) is 0. The van der Waals surface area contributed by atoms with Crippen molar-refractivity contribution in [1.82, 2.24) is 0 Å². The molecule has 0 aliphatic carbocycles. The molecule has 13 heavy (non-hydrogen) atoms. The van der Waals surface area contributed by atoms with E-state index in [1.165, 1.54) is 6.92 Å². The summed E-state index contributed by atoms with van der Waals surface area (Å²) in [5, 5.41) is 0. The van der Waals surface area contributed by atoms with Crippen molar-refractivity contribution in [2.75, 3.05) is 6.54 Å². The Hall–Kier alpha value is -1.22. The lowest BCUT2D eigenvalue weighted by molar-refractivity contribution is 0.100. The minimum atomic E-state index is -0.998. The van der Waals surface area contributed by atoms with Crippen molar-refractivity contribution in [2.24, 2.45) is 5.73 Å². The number of halogens is 1. The Morgan fingerprint density at radius 2 is 2.00 bits per heavy atom. The highest BCUT2D eigenvalue weighted by Gasteiger charge is 2.05. The van der Waals surface area contributed by atoms with Gasteiger partial charge in [-0.25, -0.2) is 4.39 Å². The van der Waals surface area contributed by atoms with Crippen LogP contribution < -0.4 is 5.73 Å². The van der Waals surface area contributed by atoms with Gasteiger partial charge in [0.05, 0.1) is 6.54 Å². The molecule has 0 bridgehead atoms. The first-order valence-corrected chi connectivity index (χ1v) is 4.12. The number of alkyl halides is 1. The average Bonchev–Trinajstić information content (AvgIpc) is 2.17. The zero-order chi connectivity index (χ0) is 9.84. The first kappa shape index (κ1) is 9.86. The fourth-order valence-corrected chi connectivity index (χ4v) is 1.05. The molecule has 0 aliphatic rings. The number of hydrogen-bond acceptors (Lipinski definition) is 2. The number of rotatable bonds is 3. The van der Waals surface area contributed by atoms with E-state index in [1.807, 2.05) is 0 Å². The summed E-state index contributed by atoms with van der Waals surface area (Å²) in [6.07, 6.45) is -0.998. The highest BCUT2D eigenvalue weighted by molar-refractivity contribution is 5.97. The smallest absolute Gasteiger partial charge is 0.176 e. The number of Topliss-reactive ketones (excluding diaryl/α,β-unsaturated/α-hetero) is 1. The first-order chi connectivity index (χ1) is 6.15. The highest BCUT2D eigenvalue weighted by Crippen LogP contribution is 2.16. The molecule has 0 saturated heterocycles. The molecular weight excluding hydrogens is 169 g/mol. The summed E-state index contributed by atoms with van der Waals surface area (Å²) in [6, 6.07) is 6.41. The van der Waals surface area contributed by atoms with Crippen LogP contribution in [0.2, 0.25) is 0 Å². The molecular formula is C10H12FNO. The van der Waals surface area contributed by atoms with Gasteiger partial charge in [0.1, 0.15) is 6.17 Å². The second-order valence-electron chi connectivity index (χ2n) is 2.87. The molecule has 1 rings (SSSR count). The summed E-state index contributed by atoms with van der Waals surface area (Å²) in [4.78, 5) is 11.1. The van der Waals surface area contributed by atoms with Gasteiger partial charge in [0.2, 0.25) is 0 Å². The molecule has 0 spiro atoms. The molecule has 0 heterocycles. The van der Waals surface area contributed by atoms with Crippen molar-refractivity contribution in [3.63, 3.8) is 0 Å². The SMILES string of the molecule is CC(F)c1ccc(C(=O)CN)cc1. The van der Waals surface area contributed by atoms with Crippen LogP contribution in [0.1, 0.15) is 29.0 Å². The Bertz CT molecular complexity index is 292. The maximum Gasteiger partial charge on any atom is 0.176 e. The van der Waals surface area contributed by atoms with Gasteiger partial charge >= 0.3 is 0 Å². The van der Waals surface area contributed by atoms with Crippen LogP contribution in [0, 0.1) is 0 Å². The maximum atomic E-state index is 12.7.